The van der Waals surface area contributed by atoms with Crippen LogP contribution in [0, 0.1) is 6.92 Å². The minimum Gasteiger partial charge on any atom is -0.461 e. The van der Waals surface area contributed by atoms with Gasteiger partial charge in [0.15, 0.2) is 0 Å². The monoisotopic (exact) mass is 405 g/mol. The van der Waals surface area contributed by atoms with Gasteiger partial charge in [-0.2, -0.15) is 0 Å². The summed E-state index contributed by atoms with van der Waals surface area (Å²) in [6.07, 6.45) is 4.38. The lowest BCUT2D eigenvalue weighted by Crippen LogP contribution is -2.52. The number of hydrogen-bond donors (Lipinski definition) is 1. The van der Waals surface area contributed by atoms with Gasteiger partial charge in [0.05, 0.1) is 0 Å². The smallest absolute Gasteiger partial charge is 0.140 e. The Morgan fingerprint density at radius 1 is 0.933 bits per heavy atom. The van der Waals surface area contributed by atoms with Gasteiger partial charge >= 0.3 is 0 Å². The molecule has 0 radical (unpaired) electrons. The third-order valence-electron chi connectivity index (χ3n) is 6.54. The van der Waals surface area contributed by atoms with Crippen LogP contribution < -0.4 is 5.43 Å². The Labute approximate surface area is 178 Å². The Balaban J connectivity index is 1.23. The summed E-state index contributed by atoms with van der Waals surface area (Å²) >= 11 is 0. The lowest BCUT2D eigenvalue weighted by atomic mass is 10.0. The van der Waals surface area contributed by atoms with Gasteiger partial charge in [0.2, 0.25) is 0 Å². The summed E-state index contributed by atoms with van der Waals surface area (Å²) in [6.45, 7) is 8.89. The molecule has 0 atom stereocenters. The number of anilines is 1. The van der Waals surface area contributed by atoms with E-state index in [1.165, 1.54) is 44.4 Å². The number of piperidine rings is 1. The highest BCUT2D eigenvalue weighted by Gasteiger charge is 2.26. The van der Waals surface area contributed by atoms with Crippen molar-refractivity contribution >= 4 is 16.6 Å². The zero-order valence-corrected chi connectivity index (χ0v) is 18.0. The molecule has 2 aliphatic rings. The number of pyridine rings is 1. The Morgan fingerprint density at radius 3 is 2.47 bits per heavy atom. The molecule has 30 heavy (non-hydrogen) atoms. The average molecular weight is 406 g/mol. The molecule has 6 nitrogen and oxygen atoms in total. The van der Waals surface area contributed by atoms with E-state index in [-0.39, 0.29) is 0 Å². The summed E-state index contributed by atoms with van der Waals surface area (Å²) in [5, 5.41) is 4.63. The predicted octanol–water partition coefficient (Wildman–Crippen LogP) is 3.84. The molecule has 0 bridgehead atoms. The van der Waals surface area contributed by atoms with Gasteiger partial charge in [-0.25, -0.2) is 9.99 Å². The summed E-state index contributed by atoms with van der Waals surface area (Å²) in [4.78, 5) is 9.74. The van der Waals surface area contributed by atoms with Crippen molar-refractivity contribution in [2.75, 3.05) is 51.7 Å². The second-order valence-corrected chi connectivity index (χ2v) is 8.71. The van der Waals surface area contributed by atoms with E-state index in [4.69, 9.17) is 4.42 Å². The second kappa shape index (κ2) is 8.38. The first-order valence-corrected chi connectivity index (χ1v) is 11.0. The van der Waals surface area contributed by atoms with Crippen LogP contribution in [0.5, 0.6) is 0 Å². The topological polar surface area (TPSA) is 47.8 Å². The highest BCUT2D eigenvalue weighted by molar-refractivity contribution is 5.87. The molecule has 0 saturated carbocycles. The van der Waals surface area contributed by atoms with Crippen molar-refractivity contribution in [3.05, 3.63) is 48.4 Å². The number of furan rings is 1. The summed E-state index contributed by atoms with van der Waals surface area (Å²) in [6, 6.07) is 13.3. The standard InChI is InChI=1S/C24H31N5O/c1-18-3-6-23(30-18)19-4-5-20-17-25-24(16-21(20)15-19)26-29-9-7-22(8-10-29)28-13-11-27(2)12-14-28/h3-6,15-17,22H,7-14H2,1-2H3,(H,25,26). The third-order valence-corrected chi connectivity index (χ3v) is 6.54. The summed E-state index contributed by atoms with van der Waals surface area (Å²) in [7, 11) is 2.22. The Morgan fingerprint density at radius 2 is 1.73 bits per heavy atom. The fraction of sp³-hybridized carbons (Fsp3) is 0.458. The average Bonchev–Trinajstić information content (AvgIpc) is 3.21. The molecule has 0 amide bonds. The Kier molecular flexibility index (Phi) is 5.46. The van der Waals surface area contributed by atoms with Gasteiger partial charge < -0.3 is 14.7 Å². The van der Waals surface area contributed by atoms with Gasteiger partial charge in [-0.3, -0.25) is 4.90 Å². The van der Waals surface area contributed by atoms with Crippen molar-refractivity contribution in [2.45, 2.75) is 25.8 Å². The zero-order valence-electron chi connectivity index (χ0n) is 18.0. The molecule has 2 aromatic heterocycles. The molecule has 2 aliphatic heterocycles. The van der Waals surface area contributed by atoms with Crippen molar-refractivity contribution in [1.82, 2.24) is 19.8 Å². The van der Waals surface area contributed by atoms with E-state index in [2.05, 4.69) is 56.5 Å². The lowest BCUT2D eigenvalue weighted by molar-refractivity contribution is 0.0738. The summed E-state index contributed by atoms with van der Waals surface area (Å²) in [5.41, 5.74) is 4.64. The fourth-order valence-corrected chi connectivity index (χ4v) is 4.64. The van der Waals surface area contributed by atoms with E-state index in [9.17, 15) is 0 Å². The number of rotatable bonds is 4. The van der Waals surface area contributed by atoms with Crippen LogP contribution in [0.4, 0.5) is 5.82 Å². The van der Waals surface area contributed by atoms with Crippen molar-refractivity contribution in [1.29, 1.82) is 0 Å². The number of piperazine rings is 1. The van der Waals surface area contributed by atoms with E-state index in [1.807, 2.05) is 25.3 Å². The molecule has 1 aromatic carbocycles. The minimum atomic E-state index is 0.723. The normalized spacial score (nSPS) is 20.1. The maximum atomic E-state index is 5.79. The van der Waals surface area contributed by atoms with Crippen LogP contribution >= 0.6 is 0 Å². The highest BCUT2D eigenvalue weighted by Crippen LogP contribution is 2.27. The number of nitrogens with one attached hydrogen (secondary N) is 1. The molecule has 2 fully saturated rings. The van der Waals surface area contributed by atoms with E-state index in [0.29, 0.717) is 0 Å². The molecule has 4 heterocycles. The maximum absolute atomic E-state index is 5.79. The van der Waals surface area contributed by atoms with Crippen molar-refractivity contribution in [3.63, 3.8) is 0 Å². The SMILES string of the molecule is Cc1ccc(-c2ccc3cnc(NN4CCC(N5CCN(C)CC5)CC4)cc3c2)o1. The number of nitrogens with zero attached hydrogens (tertiary/aromatic N) is 4. The molecule has 2 saturated heterocycles. The van der Waals surface area contributed by atoms with Crippen LogP contribution in [-0.2, 0) is 0 Å². The highest BCUT2D eigenvalue weighted by atomic mass is 16.3. The van der Waals surface area contributed by atoms with Crippen LogP contribution in [0.1, 0.15) is 18.6 Å². The van der Waals surface area contributed by atoms with Crippen LogP contribution in [0.2, 0.25) is 0 Å². The molecule has 6 heteroatoms. The molecule has 1 N–H and O–H groups in total. The Bertz CT molecular complexity index is 1000. The summed E-state index contributed by atoms with van der Waals surface area (Å²) < 4.78 is 5.79. The number of aryl methyl sites for hydroxylation is 1. The van der Waals surface area contributed by atoms with E-state index in [1.54, 1.807) is 0 Å². The van der Waals surface area contributed by atoms with E-state index >= 15 is 0 Å². The molecule has 5 rings (SSSR count). The van der Waals surface area contributed by atoms with Gasteiger partial charge in [-0.1, -0.05) is 12.1 Å². The number of benzene rings is 1. The molecule has 3 aromatic rings. The van der Waals surface area contributed by atoms with Crippen LogP contribution in [-0.4, -0.2) is 72.2 Å². The van der Waals surface area contributed by atoms with Crippen LogP contribution in [0.25, 0.3) is 22.1 Å². The zero-order chi connectivity index (χ0) is 20.5. The number of hydrogen-bond acceptors (Lipinski definition) is 6. The molecular formula is C24H31N5O. The van der Waals surface area contributed by atoms with Gasteiger partial charge in [0.25, 0.3) is 0 Å². The van der Waals surface area contributed by atoms with Crippen LogP contribution in [0.15, 0.2) is 47.0 Å². The molecule has 158 valence electrons. The quantitative estimate of drug-likeness (QED) is 0.712. The molecule has 0 aliphatic carbocycles. The maximum Gasteiger partial charge on any atom is 0.140 e. The number of aromatic nitrogens is 1. The van der Waals surface area contributed by atoms with Gasteiger partial charge in [-0.05, 0) is 56.5 Å². The number of fused-ring (bicyclic) bond motifs is 1. The fourth-order valence-electron chi connectivity index (χ4n) is 4.64. The van der Waals surface area contributed by atoms with Crippen molar-refractivity contribution in [2.24, 2.45) is 0 Å². The first-order chi connectivity index (χ1) is 14.6. The first kappa shape index (κ1) is 19.5. The van der Waals surface area contributed by atoms with Crippen LogP contribution in [0.3, 0.4) is 0 Å². The van der Waals surface area contributed by atoms with Crippen molar-refractivity contribution < 1.29 is 4.42 Å². The van der Waals surface area contributed by atoms with E-state index in [0.717, 1.165) is 47.4 Å². The third kappa shape index (κ3) is 4.21. The number of hydrazine groups is 1. The van der Waals surface area contributed by atoms with Gasteiger partial charge in [0, 0.05) is 62.5 Å². The number of likely N-dealkylation sites (N-methyl/N-ethyl adjacent to an activating group) is 1. The Hall–Kier alpha value is -2.41. The first-order valence-electron chi connectivity index (χ1n) is 11.0. The van der Waals surface area contributed by atoms with Gasteiger partial charge in [-0.15, -0.1) is 0 Å². The second-order valence-electron chi connectivity index (χ2n) is 8.71. The predicted molar refractivity (Wildman–Crippen MR) is 121 cm³/mol. The molecular weight excluding hydrogens is 374 g/mol. The van der Waals surface area contributed by atoms with Crippen molar-refractivity contribution in [3.8, 4) is 11.3 Å². The van der Waals surface area contributed by atoms with E-state index < -0.39 is 0 Å². The molecule has 0 spiro atoms. The minimum absolute atomic E-state index is 0.723. The largest absolute Gasteiger partial charge is 0.461 e. The lowest BCUT2D eigenvalue weighted by Gasteiger charge is -2.42. The molecule has 0 unspecified atom stereocenters. The summed E-state index contributed by atoms with van der Waals surface area (Å²) in [5.74, 6) is 2.75. The van der Waals surface area contributed by atoms with Gasteiger partial charge in [0.1, 0.15) is 17.3 Å².